The Morgan fingerprint density at radius 2 is 1.76 bits per heavy atom. The molecule has 0 spiro atoms. The van der Waals surface area contributed by atoms with Gasteiger partial charge < -0.3 is 9.84 Å². The number of benzene rings is 2. The fourth-order valence-electron chi connectivity index (χ4n) is 3.06. The lowest BCUT2D eigenvalue weighted by molar-refractivity contribution is -0.136. The summed E-state index contributed by atoms with van der Waals surface area (Å²) in [6.45, 7) is 1.80. The quantitative estimate of drug-likeness (QED) is 0.909. The van der Waals surface area contributed by atoms with E-state index in [9.17, 15) is 14.7 Å². The third-order valence-electron chi connectivity index (χ3n) is 4.52. The van der Waals surface area contributed by atoms with E-state index in [-0.39, 0.29) is 12.6 Å². The molecule has 1 aliphatic heterocycles. The van der Waals surface area contributed by atoms with Crippen LogP contribution in [0.4, 0.5) is 4.79 Å². The van der Waals surface area contributed by atoms with Gasteiger partial charge in [-0.1, -0.05) is 67.6 Å². The molecule has 1 heterocycles. The smallest absolute Gasteiger partial charge is 0.416 e. The van der Waals surface area contributed by atoms with Crippen molar-refractivity contribution in [1.82, 2.24) is 4.90 Å². The summed E-state index contributed by atoms with van der Waals surface area (Å²) in [6, 6.07) is 18.3. The highest BCUT2D eigenvalue weighted by molar-refractivity contribution is 5.95. The van der Waals surface area contributed by atoms with E-state index in [1.165, 1.54) is 0 Å². The van der Waals surface area contributed by atoms with Crippen LogP contribution in [-0.4, -0.2) is 34.7 Å². The Balaban J connectivity index is 1.75. The number of amides is 2. The fraction of sp³-hybridized carbons (Fsp3) is 0.300. The maximum absolute atomic E-state index is 12.8. The molecule has 1 aliphatic rings. The van der Waals surface area contributed by atoms with Crippen molar-refractivity contribution < 1.29 is 19.4 Å². The van der Waals surface area contributed by atoms with Gasteiger partial charge in [0.15, 0.2) is 0 Å². The number of imide groups is 1. The molecule has 5 nitrogen and oxygen atoms in total. The minimum atomic E-state index is -0.973. The molecule has 0 bridgehead atoms. The van der Waals surface area contributed by atoms with Crippen LogP contribution in [0.1, 0.15) is 24.2 Å². The third kappa shape index (κ3) is 3.72. The minimum Gasteiger partial charge on any atom is -0.447 e. The molecular formula is C20H21NO4. The van der Waals surface area contributed by atoms with Crippen molar-refractivity contribution in [2.75, 3.05) is 6.61 Å². The first kappa shape index (κ1) is 17.2. The SMILES string of the molecule is C[C@@H](C(=O)N1C(=O)OC[C@@H]1Cc1ccccc1)[C@@H](O)c1ccccc1. The van der Waals surface area contributed by atoms with Crippen LogP contribution in [-0.2, 0) is 16.0 Å². The molecule has 25 heavy (non-hydrogen) atoms. The molecule has 2 aromatic rings. The minimum absolute atomic E-state index is 0.174. The normalized spacial score (nSPS) is 19.4. The molecular weight excluding hydrogens is 318 g/mol. The zero-order valence-corrected chi connectivity index (χ0v) is 14.0. The van der Waals surface area contributed by atoms with Gasteiger partial charge in [0.1, 0.15) is 6.61 Å². The summed E-state index contributed by atoms with van der Waals surface area (Å²) in [5, 5.41) is 10.5. The summed E-state index contributed by atoms with van der Waals surface area (Å²) in [7, 11) is 0. The van der Waals surface area contributed by atoms with E-state index in [1.54, 1.807) is 31.2 Å². The predicted molar refractivity (Wildman–Crippen MR) is 92.7 cm³/mol. The Kier molecular flexibility index (Phi) is 5.14. The molecule has 0 aromatic heterocycles. The highest BCUT2D eigenvalue weighted by atomic mass is 16.6. The zero-order chi connectivity index (χ0) is 17.8. The second kappa shape index (κ2) is 7.49. The largest absolute Gasteiger partial charge is 0.447 e. The molecule has 2 amide bonds. The highest BCUT2D eigenvalue weighted by Gasteiger charge is 2.41. The average molecular weight is 339 g/mol. The van der Waals surface area contributed by atoms with Crippen LogP contribution in [0.15, 0.2) is 60.7 Å². The summed E-state index contributed by atoms with van der Waals surface area (Å²) in [4.78, 5) is 26.1. The van der Waals surface area contributed by atoms with Crippen molar-refractivity contribution in [3.63, 3.8) is 0 Å². The predicted octanol–water partition coefficient (Wildman–Crippen LogP) is 2.95. The zero-order valence-electron chi connectivity index (χ0n) is 14.0. The van der Waals surface area contributed by atoms with Crippen molar-refractivity contribution in [3.8, 4) is 0 Å². The lowest BCUT2D eigenvalue weighted by atomic mass is 9.95. The molecule has 130 valence electrons. The van der Waals surface area contributed by atoms with Crippen molar-refractivity contribution in [1.29, 1.82) is 0 Å². The number of hydrogen-bond acceptors (Lipinski definition) is 4. The van der Waals surface area contributed by atoms with E-state index in [0.29, 0.717) is 12.0 Å². The van der Waals surface area contributed by atoms with E-state index in [1.807, 2.05) is 36.4 Å². The van der Waals surface area contributed by atoms with Crippen LogP contribution >= 0.6 is 0 Å². The Hall–Kier alpha value is -2.66. The third-order valence-corrected chi connectivity index (χ3v) is 4.52. The topological polar surface area (TPSA) is 66.8 Å². The van der Waals surface area contributed by atoms with Crippen molar-refractivity contribution in [3.05, 3.63) is 71.8 Å². The standard InChI is InChI=1S/C20H21NO4/c1-14(18(22)16-10-6-3-7-11-16)19(23)21-17(13-25-20(21)24)12-15-8-4-2-5-9-15/h2-11,14,17-18,22H,12-13H2,1H3/t14-,17+,18-/m1/s1. The Morgan fingerprint density at radius 3 is 2.40 bits per heavy atom. The maximum Gasteiger partial charge on any atom is 0.416 e. The number of carbonyl (C=O) groups excluding carboxylic acids is 2. The fourth-order valence-corrected chi connectivity index (χ4v) is 3.06. The maximum atomic E-state index is 12.8. The lowest BCUT2D eigenvalue weighted by Gasteiger charge is -2.25. The average Bonchev–Trinajstić information content (AvgIpc) is 3.01. The number of nitrogens with zero attached hydrogens (tertiary/aromatic N) is 1. The van der Waals surface area contributed by atoms with Gasteiger partial charge in [0.2, 0.25) is 5.91 Å². The van der Waals surface area contributed by atoms with E-state index >= 15 is 0 Å². The molecule has 1 saturated heterocycles. The number of hydrogen-bond donors (Lipinski definition) is 1. The molecule has 1 N–H and O–H groups in total. The van der Waals surface area contributed by atoms with Gasteiger partial charge in [-0.3, -0.25) is 4.79 Å². The molecule has 0 aliphatic carbocycles. The van der Waals surface area contributed by atoms with Crippen LogP contribution in [0.5, 0.6) is 0 Å². The van der Waals surface area contributed by atoms with Gasteiger partial charge in [-0.25, -0.2) is 9.69 Å². The van der Waals surface area contributed by atoms with Crippen LogP contribution < -0.4 is 0 Å². The van der Waals surface area contributed by atoms with Gasteiger partial charge in [0.05, 0.1) is 18.1 Å². The van der Waals surface area contributed by atoms with Gasteiger partial charge in [0.25, 0.3) is 0 Å². The summed E-state index contributed by atoms with van der Waals surface area (Å²) in [6.07, 6.45) is -1.08. The number of ether oxygens (including phenoxy) is 1. The number of cyclic esters (lactones) is 1. The van der Waals surface area contributed by atoms with Gasteiger partial charge in [0, 0.05) is 0 Å². The molecule has 5 heteroatoms. The number of aliphatic hydroxyl groups excluding tert-OH is 1. The monoisotopic (exact) mass is 339 g/mol. The summed E-state index contributed by atoms with van der Waals surface area (Å²) in [5.74, 6) is -1.16. The number of aliphatic hydroxyl groups is 1. The molecule has 0 unspecified atom stereocenters. The van der Waals surface area contributed by atoms with Crippen LogP contribution in [0.25, 0.3) is 0 Å². The van der Waals surface area contributed by atoms with E-state index in [2.05, 4.69) is 0 Å². The Labute approximate surface area is 146 Å². The van der Waals surface area contributed by atoms with Gasteiger partial charge in [-0.2, -0.15) is 0 Å². The van der Waals surface area contributed by atoms with Crippen LogP contribution in [0, 0.1) is 5.92 Å². The van der Waals surface area contributed by atoms with Crippen LogP contribution in [0.3, 0.4) is 0 Å². The second-order valence-corrected chi connectivity index (χ2v) is 6.27. The number of carbonyl (C=O) groups is 2. The summed E-state index contributed by atoms with van der Waals surface area (Å²) < 4.78 is 5.09. The number of rotatable bonds is 5. The van der Waals surface area contributed by atoms with Gasteiger partial charge in [-0.05, 0) is 17.5 Å². The first-order valence-corrected chi connectivity index (χ1v) is 8.34. The summed E-state index contributed by atoms with van der Waals surface area (Å²) >= 11 is 0. The van der Waals surface area contributed by atoms with Crippen molar-refractivity contribution in [2.24, 2.45) is 5.92 Å². The second-order valence-electron chi connectivity index (χ2n) is 6.27. The Bertz CT molecular complexity index is 732. The van der Waals surface area contributed by atoms with Crippen LogP contribution in [0.2, 0.25) is 0 Å². The van der Waals surface area contributed by atoms with Crippen molar-refractivity contribution in [2.45, 2.75) is 25.5 Å². The van der Waals surface area contributed by atoms with Gasteiger partial charge >= 0.3 is 6.09 Å². The molecule has 1 fully saturated rings. The molecule has 0 saturated carbocycles. The Morgan fingerprint density at radius 1 is 1.16 bits per heavy atom. The molecule has 2 aromatic carbocycles. The van der Waals surface area contributed by atoms with E-state index in [0.717, 1.165) is 10.5 Å². The molecule has 0 radical (unpaired) electrons. The van der Waals surface area contributed by atoms with Gasteiger partial charge in [-0.15, -0.1) is 0 Å². The van der Waals surface area contributed by atoms with E-state index in [4.69, 9.17) is 4.74 Å². The van der Waals surface area contributed by atoms with E-state index < -0.39 is 24.0 Å². The first-order valence-electron chi connectivity index (χ1n) is 8.34. The highest BCUT2D eigenvalue weighted by Crippen LogP contribution is 2.27. The molecule has 3 atom stereocenters. The van der Waals surface area contributed by atoms with Crippen molar-refractivity contribution >= 4 is 12.0 Å². The molecule has 3 rings (SSSR count). The summed E-state index contributed by atoms with van der Waals surface area (Å²) in [5.41, 5.74) is 1.68. The lowest BCUT2D eigenvalue weighted by Crippen LogP contribution is -2.44. The first-order chi connectivity index (χ1) is 12.1.